The number of hydrogen-bond donors (Lipinski definition) is 2. The van der Waals surface area contributed by atoms with E-state index in [0.29, 0.717) is 47.9 Å². The number of ether oxygens (including phenoxy) is 1. The maximum atomic E-state index is 13.2. The molecule has 1 saturated heterocycles. The first-order valence-electron chi connectivity index (χ1n) is 11.0. The van der Waals surface area contributed by atoms with Gasteiger partial charge in [0.25, 0.3) is 5.56 Å². The Kier molecular flexibility index (Phi) is 7.25. The van der Waals surface area contributed by atoms with E-state index in [-0.39, 0.29) is 27.9 Å². The molecule has 11 heteroatoms. The summed E-state index contributed by atoms with van der Waals surface area (Å²) in [4.78, 5) is 31.9. The quantitative estimate of drug-likeness (QED) is 0.517. The van der Waals surface area contributed by atoms with Crippen LogP contribution in [0.5, 0.6) is 5.75 Å². The zero-order chi connectivity index (χ0) is 25.2. The number of rotatable bonds is 6. The monoisotopic (exact) mass is 516 g/mol. The molecule has 184 valence electrons. The Morgan fingerprint density at radius 2 is 2.03 bits per heavy atom. The predicted molar refractivity (Wildman–Crippen MR) is 133 cm³/mol. The number of aromatic amines is 1. The first-order chi connectivity index (χ1) is 16.7. The number of methoxy groups -OCH3 is 1. The van der Waals surface area contributed by atoms with Crippen molar-refractivity contribution in [3.63, 3.8) is 0 Å². The van der Waals surface area contributed by atoms with Crippen LogP contribution in [-0.2, 0) is 14.8 Å². The van der Waals surface area contributed by atoms with Gasteiger partial charge in [-0.2, -0.15) is 4.31 Å². The van der Waals surface area contributed by atoms with Crippen LogP contribution >= 0.6 is 11.6 Å². The molecule has 0 bridgehead atoms. The van der Waals surface area contributed by atoms with Crippen LogP contribution in [0, 0.1) is 12.8 Å². The second kappa shape index (κ2) is 10.2. The van der Waals surface area contributed by atoms with Crippen LogP contribution in [0.4, 0.5) is 5.69 Å². The van der Waals surface area contributed by atoms with Gasteiger partial charge >= 0.3 is 0 Å². The number of carbonyl (C=O) groups is 1. The van der Waals surface area contributed by atoms with E-state index < -0.39 is 15.9 Å². The first kappa shape index (κ1) is 24.9. The Bertz CT molecular complexity index is 1420. The SMILES string of the molecule is COc1ccc(S(=O)(=O)N2CCC[C@H](C(=O)Nc3cccc(-c4nc(C)cc(=O)[nH]4)c3)C2)cc1Cl. The lowest BCUT2D eigenvalue weighted by atomic mass is 9.98. The van der Waals surface area contributed by atoms with E-state index in [1.807, 2.05) is 0 Å². The van der Waals surface area contributed by atoms with Crippen molar-refractivity contribution in [3.05, 3.63) is 69.6 Å². The van der Waals surface area contributed by atoms with Crippen molar-refractivity contribution >= 4 is 33.2 Å². The highest BCUT2D eigenvalue weighted by Crippen LogP contribution is 2.30. The summed E-state index contributed by atoms with van der Waals surface area (Å²) < 4.78 is 32.8. The number of benzene rings is 2. The highest BCUT2D eigenvalue weighted by Gasteiger charge is 2.33. The summed E-state index contributed by atoms with van der Waals surface area (Å²) >= 11 is 6.12. The Morgan fingerprint density at radius 1 is 1.23 bits per heavy atom. The molecule has 35 heavy (non-hydrogen) atoms. The molecule has 0 spiro atoms. The number of halogens is 1. The molecule has 0 saturated carbocycles. The van der Waals surface area contributed by atoms with Crippen LogP contribution < -0.4 is 15.6 Å². The van der Waals surface area contributed by atoms with Crippen molar-refractivity contribution in [2.75, 3.05) is 25.5 Å². The molecule has 1 aromatic heterocycles. The number of sulfonamides is 1. The van der Waals surface area contributed by atoms with Crippen molar-refractivity contribution in [1.29, 1.82) is 0 Å². The van der Waals surface area contributed by atoms with Crippen molar-refractivity contribution < 1.29 is 17.9 Å². The number of hydrogen-bond acceptors (Lipinski definition) is 6. The summed E-state index contributed by atoms with van der Waals surface area (Å²) in [5.74, 6) is -0.0128. The van der Waals surface area contributed by atoms with E-state index in [4.69, 9.17) is 16.3 Å². The minimum absolute atomic E-state index is 0.0525. The second-order valence-electron chi connectivity index (χ2n) is 8.30. The third-order valence-electron chi connectivity index (χ3n) is 5.79. The topological polar surface area (TPSA) is 121 Å². The maximum Gasteiger partial charge on any atom is 0.251 e. The molecule has 1 amide bonds. The van der Waals surface area contributed by atoms with Crippen LogP contribution in [0.3, 0.4) is 0 Å². The minimum Gasteiger partial charge on any atom is -0.495 e. The summed E-state index contributed by atoms with van der Waals surface area (Å²) in [6.07, 6.45) is 1.11. The molecule has 3 aromatic rings. The molecule has 1 fully saturated rings. The van der Waals surface area contributed by atoms with Crippen LogP contribution in [0.1, 0.15) is 18.5 Å². The Hall–Kier alpha value is -3.21. The number of carbonyl (C=O) groups excluding carboxylic acids is 1. The van der Waals surface area contributed by atoms with E-state index in [0.717, 1.165) is 0 Å². The molecule has 2 N–H and O–H groups in total. The van der Waals surface area contributed by atoms with Gasteiger partial charge in [0.2, 0.25) is 15.9 Å². The van der Waals surface area contributed by atoms with Gasteiger partial charge in [0, 0.05) is 36.1 Å². The van der Waals surface area contributed by atoms with Gasteiger partial charge in [-0.05, 0) is 50.1 Å². The van der Waals surface area contributed by atoms with E-state index >= 15 is 0 Å². The molecule has 2 aromatic carbocycles. The lowest BCUT2D eigenvalue weighted by Gasteiger charge is -2.31. The van der Waals surface area contributed by atoms with Crippen molar-refractivity contribution in [1.82, 2.24) is 14.3 Å². The number of H-pyrrole nitrogens is 1. The summed E-state index contributed by atoms with van der Waals surface area (Å²) in [6.45, 7) is 2.11. The Balaban J connectivity index is 1.49. The zero-order valence-corrected chi connectivity index (χ0v) is 20.8. The molecule has 0 radical (unpaired) electrons. The predicted octanol–water partition coefficient (Wildman–Crippen LogP) is 3.45. The van der Waals surface area contributed by atoms with Gasteiger partial charge in [0.1, 0.15) is 11.6 Å². The van der Waals surface area contributed by atoms with Gasteiger partial charge < -0.3 is 15.0 Å². The lowest BCUT2D eigenvalue weighted by Crippen LogP contribution is -2.43. The highest BCUT2D eigenvalue weighted by atomic mass is 35.5. The van der Waals surface area contributed by atoms with Gasteiger partial charge in [-0.3, -0.25) is 9.59 Å². The van der Waals surface area contributed by atoms with Crippen LogP contribution in [0.15, 0.2) is 58.2 Å². The van der Waals surface area contributed by atoms with E-state index in [1.54, 1.807) is 31.2 Å². The number of piperidine rings is 1. The number of aromatic nitrogens is 2. The van der Waals surface area contributed by atoms with Crippen molar-refractivity contribution in [2.45, 2.75) is 24.7 Å². The number of anilines is 1. The van der Waals surface area contributed by atoms with Crippen molar-refractivity contribution in [2.24, 2.45) is 5.92 Å². The van der Waals surface area contributed by atoms with Crippen LogP contribution in [-0.4, -0.2) is 48.8 Å². The first-order valence-corrected chi connectivity index (χ1v) is 12.8. The Morgan fingerprint density at radius 3 is 2.74 bits per heavy atom. The molecule has 1 aliphatic rings. The number of amides is 1. The summed E-state index contributed by atoms with van der Waals surface area (Å²) in [5.41, 5.74) is 1.50. The minimum atomic E-state index is -3.83. The molecule has 9 nitrogen and oxygen atoms in total. The normalized spacial score (nSPS) is 16.6. The summed E-state index contributed by atoms with van der Waals surface area (Å²) in [7, 11) is -2.37. The van der Waals surface area contributed by atoms with Gasteiger partial charge in [-0.15, -0.1) is 0 Å². The fourth-order valence-corrected chi connectivity index (χ4v) is 5.91. The highest BCUT2D eigenvalue weighted by molar-refractivity contribution is 7.89. The van der Waals surface area contributed by atoms with Gasteiger partial charge in [0.05, 0.1) is 22.9 Å². The van der Waals surface area contributed by atoms with Crippen molar-refractivity contribution in [3.8, 4) is 17.1 Å². The molecule has 2 heterocycles. The number of nitrogens with one attached hydrogen (secondary N) is 2. The Labute approximate surface area is 208 Å². The van der Waals surface area contributed by atoms with Gasteiger partial charge in [0.15, 0.2) is 0 Å². The smallest absolute Gasteiger partial charge is 0.251 e. The molecule has 1 aliphatic heterocycles. The molecular formula is C24H25ClN4O5S. The number of aryl methyl sites for hydroxylation is 1. The fourth-order valence-electron chi connectivity index (χ4n) is 4.04. The third-order valence-corrected chi connectivity index (χ3v) is 7.95. The van der Waals surface area contributed by atoms with E-state index in [9.17, 15) is 18.0 Å². The van der Waals surface area contributed by atoms with Gasteiger partial charge in [-0.25, -0.2) is 13.4 Å². The molecule has 1 atom stereocenters. The summed E-state index contributed by atoms with van der Waals surface area (Å²) in [6, 6.07) is 12.7. The van der Waals surface area contributed by atoms with Crippen LogP contribution in [0.2, 0.25) is 5.02 Å². The lowest BCUT2D eigenvalue weighted by molar-refractivity contribution is -0.120. The third kappa shape index (κ3) is 5.55. The largest absolute Gasteiger partial charge is 0.495 e. The zero-order valence-electron chi connectivity index (χ0n) is 19.2. The summed E-state index contributed by atoms with van der Waals surface area (Å²) in [5, 5.41) is 3.07. The molecule has 0 aliphatic carbocycles. The molecule has 0 unspecified atom stereocenters. The van der Waals surface area contributed by atoms with Gasteiger partial charge in [-0.1, -0.05) is 23.7 Å². The standard InChI is InChI=1S/C24H25ClN4O5S/c1-15-11-22(30)28-23(26-15)16-5-3-7-18(12-16)27-24(31)17-6-4-10-29(14-17)35(32,33)19-8-9-21(34-2)20(25)13-19/h3,5,7-9,11-13,17H,4,6,10,14H2,1-2H3,(H,27,31)(H,26,28,30)/t17-/m0/s1. The van der Waals surface area contributed by atoms with Crippen LogP contribution in [0.25, 0.3) is 11.4 Å². The average Bonchev–Trinajstić information content (AvgIpc) is 2.83. The second-order valence-corrected chi connectivity index (χ2v) is 10.6. The van der Waals surface area contributed by atoms with E-state index in [1.165, 1.54) is 35.7 Å². The maximum absolute atomic E-state index is 13.2. The van der Waals surface area contributed by atoms with E-state index in [2.05, 4.69) is 15.3 Å². The molecular weight excluding hydrogens is 492 g/mol. The molecule has 4 rings (SSSR count). The fraction of sp³-hybridized carbons (Fsp3) is 0.292. The number of nitrogens with zero attached hydrogens (tertiary/aromatic N) is 2. The average molecular weight is 517 g/mol.